The minimum Gasteiger partial charge on any atom is -0.371 e. The maximum absolute atomic E-state index is 12.3. The second kappa shape index (κ2) is 6.27. The summed E-state index contributed by atoms with van der Waals surface area (Å²) in [6.45, 7) is 0. The molecule has 0 saturated carbocycles. The molecule has 0 aromatic carbocycles. The molecule has 0 spiro atoms. The number of nitrogens with one attached hydrogen (secondary N) is 2. The molecule has 19 heavy (non-hydrogen) atoms. The lowest BCUT2D eigenvalue weighted by molar-refractivity contribution is -0.142. The fourth-order valence-electron chi connectivity index (χ4n) is 2.02. The normalized spacial score (nSPS) is 20.4. The molecule has 2 rings (SSSR count). The monoisotopic (exact) mass is 297 g/mol. The second-order valence-electron chi connectivity index (χ2n) is 4.45. The number of amidine groups is 1. The molecule has 0 amide bonds. The average molecular weight is 298 g/mol. The number of nitrogens with zero attached hydrogens (tertiary/aromatic N) is 1. The molecule has 2 heterocycles. The van der Waals surface area contributed by atoms with Crippen molar-refractivity contribution in [2.24, 2.45) is 0 Å². The molecule has 8 heteroatoms. The van der Waals surface area contributed by atoms with Crippen molar-refractivity contribution in [1.82, 2.24) is 10.5 Å². The van der Waals surface area contributed by atoms with Crippen LogP contribution in [0.2, 0.25) is 0 Å². The number of aromatic nitrogens is 1. The number of hydrogen-bond acceptors (Lipinski definition) is 3. The molecule has 108 valence electrons. The van der Waals surface area contributed by atoms with Crippen LogP contribution in [0.1, 0.15) is 37.1 Å². The molecular weight excluding hydrogens is 283 g/mol. The van der Waals surface area contributed by atoms with Crippen LogP contribution in [0.5, 0.6) is 0 Å². The molecule has 4 nitrogen and oxygen atoms in total. The molecule has 1 atom stereocenters. The van der Waals surface area contributed by atoms with Gasteiger partial charge >= 0.3 is 6.18 Å². The largest absolute Gasteiger partial charge is 0.436 e. The predicted octanol–water partition coefficient (Wildman–Crippen LogP) is 3.17. The van der Waals surface area contributed by atoms with Gasteiger partial charge in [-0.2, -0.15) is 13.2 Å². The maximum atomic E-state index is 12.3. The van der Waals surface area contributed by atoms with Crippen LogP contribution in [0, 0.1) is 5.41 Å². The summed E-state index contributed by atoms with van der Waals surface area (Å²) in [6, 6.07) is 0.880. The molecular formula is C11H15ClF3N3O. The van der Waals surface area contributed by atoms with E-state index in [0.29, 0.717) is 18.7 Å². The zero-order chi connectivity index (χ0) is 13.2. The molecule has 1 fully saturated rings. The fraction of sp³-hybridized carbons (Fsp3) is 0.636. The molecule has 0 radical (unpaired) electrons. The van der Waals surface area contributed by atoms with Crippen molar-refractivity contribution < 1.29 is 17.7 Å². The Bertz CT molecular complexity index is 433. The van der Waals surface area contributed by atoms with E-state index in [9.17, 15) is 13.2 Å². The molecule has 1 unspecified atom stereocenters. The van der Waals surface area contributed by atoms with E-state index in [-0.39, 0.29) is 24.2 Å². The zero-order valence-corrected chi connectivity index (χ0v) is 10.9. The molecule has 0 aliphatic carbocycles. The highest BCUT2D eigenvalue weighted by Crippen LogP contribution is 2.29. The molecule has 1 saturated heterocycles. The third kappa shape index (κ3) is 4.41. The Morgan fingerprint density at radius 1 is 1.42 bits per heavy atom. The van der Waals surface area contributed by atoms with Crippen molar-refractivity contribution in [1.29, 1.82) is 5.41 Å². The van der Waals surface area contributed by atoms with Gasteiger partial charge in [-0.1, -0.05) is 11.6 Å². The first-order chi connectivity index (χ1) is 8.45. The highest BCUT2D eigenvalue weighted by Gasteiger charge is 2.35. The third-order valence-electron chi connectivity index (χ3n) is 2.90. The van der Waals surface area contributed by atoms with Crippen LogP contribution < -0.4 is 5.32 Å². The Kier molecular flexibility index (Phi) is 5.22. The van der Waals surface area contributed by atoms with Crippen LogP contribution in [0.3, 0.4) is 0 Å². The zero-order valence-electron chi connectivity index (χ0n) is 10.1. The smallest absolute Gasteiger partial charge is 0.371 e. The average Bonchev–Trinajstić information content (AvgIpc) is 2.63. The van der Waals surface area contributed by atoms with E-state index in [1.165, 1.54) is 0 Å². The minimum absolute atomic E-state index is 0. The molecule has 1 aromatic rings. The highest BCUT2D eigenvalue weighted by molar-refractivity contribution is 5.85. The van der Waals surface area contributed by atoms with Gasteiger partial charge in [0.1, 0.15) is 5.76 Å². The molecule has 0 bridgehead atoms. The number of hydrogen-bond donors (Lipinski definition) is 2. The highest BCUT2D eigenvalue weighted by atomic mass is 35.5. The number of halogens is 4. The molecule has 2 N–H and O–H groups in total. The lowest BCUT2D eigenvalue weighted by Gasteiger charge is -2.14. The summed E-state index contributed by atoms with van der Waals surface area (Å²) < 4.78 is 41.7. The summed E-state index contributed by atoms with van der Waals surface area (Å²) in [5.74, 6) is 0.641. The summed E-state index contributed by atoms with van der Waals surface area (Å²) in [4.78, 5) is 0. The van der Waals surface area contributed by atoms with Gasteiger partial charge in [0.2, 0.25) is 0 Å². The number of rotatable bonds is 2. The first-order valence-corrected chi connectivity index (χ1v) is 5.82. The van der Waals surface area contributed by atoms with Crippen LogP contribution in [0.25, 0.3) is 0 Å². The standard InChI is InChI=1S/C11H14F3N3O.ClH/c12-11(13,14)9-6-8(18-17-9)5-7-3-1-2-4-10(15)16-7;/h6-7H,1-5H2,(H2,15,16);1H. The quantitative estimate of drug-likeness (QED) is 0.881. The Balaban J connectivity index is 0.00000180. The van der Waals surface area contributed by atoms with Crippen molar-refractivity contribution in [3.63, 3.8) is 0 Å². The van der Waals surface area contributed by atoms with Gasteiger partial charge in [0.25, 0.3) is 0 Å². The van der Waals surface area contributed by atoms with Gasteiger partial charge in [-0.05, 0) is 12.8 Å². The first-order valence-electron chi connectivity index (χ1n) is 5.82. The van der Waals surface area contributed by atoms with Crippen LogP contribution in [-0.2, 0) is 12.6 Å². The van der Waals surface area contributed by atoms with E-state index in [0.717, 1.165) is 25.3 Å². The molecule has 1 aliphatic heterocycles. The van der Waals surface area contributed by atoms with E-state index in [1.54, 1.807) is 0 Å². The summed E-state index contributed by atoms with van der Waals surface area (Å²) in [7, 11) is 0. The first kappa shape index (κ1) is 15.8. The lowest BCUT2D eigenvalue weighted by atomic mass is 10.1. The van der Waals surface area contributed by atoms with E-state index in [2.05, 4.69) is 15.0 Å². The van der Waals surface area contributed by atoms with Crippen molar-refractivity contribution in [3.05, 3.63) is 17.5 Å². The van der Waals surface area contributed by atoms with Crippen molar-refractivity contribution in [3.8, 4) is 0 Å². The fourth-order valence-corrected chi connectivity index (χ4v) is 2.02. The van der Waals surface area contributed by atoms with Gasteiger partial charge in [-0.15, -0.1) is 12.4 Å². The topological polar surface area (TPSA) is 61.9 Å². The van der Waals surface area contributed by atoms with Crippen LogP contribution in [-0.4, -0.2) is 17.0 Å². The number of alkyl halides is 3. The summed E-state index contributed by atoms with van der Waals surface area (Å²) in [6.07, 6.45) is -0.727. The van der Waals surface area contributed by atoms with Crippen molar-refractivity contribution >= 4 is 18.2 Å². The van der Waals surface area contributed by atoms with Gasteiger partial charge < -0.3 is 9.84 Å². The Labute approximate surface area is 114 Å². The molecule has 1 aromatic heterocycles. The van der Waals surface area contributed by atoms with Crippen LogP contribution >= 0.6 is 12.4 Å². The summed E-state index contributed by atoms with van der Waals surface area (Å²) >= 11 is 0. The summed E-state index contributed by atoms with van der Waals surface area (Å²) in [5.41, 5.74) is -0.999. The summed E-state index contributed by atoms with van der Waals surface area (Å²) in [5, 5.41) is 13.6. The van der Waals surface area contributed by atoms with E-state index >= 15 is 0 Å². The Morgan fingerprint density at radius 3 is 2.79 bits per heavy atom. The van der Waals surface area contributed by atoms with Crippen LogP contribution in [0.4, 0.5) is 13.2 Å². The van der Waals surface area contributed by atoms with E-state index < -0.39 is 11.9 Å². The van der Waals surface area contributed by atoms with E-state index in [4.69, 9.17) is 5.41 Å². The maximum Gasteiger partial charge on any atom is 0.436 e. The van der Waals surface area contributed by atoms with Gasteiger partial charge in [-0.3, -0.25) is 5.41 Å². The Morgan fingerprint density at radius 2 is 2.16 bits per heavy atom. The second-order valence-corrected chi connectivity index (χ2v) is 4.45. The van der Waals surface area contributed by atoms with Gasteiger partial charge in [-0.25, -0.2) is 0 Å². The van der Waals surface area contributed by atoms with Gasteiger partial charge in [0, 0.05) is 24.9 Å². The third-order valence-corrected chi connectivity index (χ3v) is 2.90. The predicted molar refractivity (Wildman–Crippen MR) is 65.6 cm³/mol. The van der Waals surface area contributed by atoms with Crippen molar-refractivity contribution in [2.75, 3.05) is 0 Å². The van der Waals surface area contributed by atoms with Gasteiger partial charge in [0.15, 0.2) is 5.69 Å². The molecule has 1 aliphatic rings. The van der Waals surface area contributed by atoms with Gasteiger partial charge in [0.05, 0.1) is 5.84 Å². The van der Waals surface area contributed by atoms with Crippen molar-refractivity contribution in [2.45, 2.75) is 44.3 Å². The SMILES string of the molecule is Cl.N=C1CCCCC(Cc2cc(C(F)(F)F)no2)N1. The Hall–Kier alpha value is -1.24. The van der Waals surface area contributed by atoms with E-state index in [1.807, 2.05) is 0 Å². The minimum atomic E-state index is -4.47. The lowest BCUT2D eigenvalue weighted by Crippen LogP contribution is -2.33. The van der Waals surface area contributed by atoms with Crippen LogP contribution in [0.15, 0.2) is 10.6 Å².